The first-order valence-electron chi connectivity index (χ1n) is 5.97. The highest BCUT2D eigenvalue weighted by Gasteiger charge is 2.07. The number of nitrogens with zero attached hydrogens (tertiary/aromatic N) is 2. The molecule has 0 amide bonds. The molecule has 0 aliphatic heterocycles. The zero-order valence-corrected chi connectivity index (χ0v) is 11.5. The second-order valence-electron chi connectivity index (χ2n) is 4.15. The summed E-state index contributed by atoms with van der Waals surface area (Å²) >= 11 is 1.88. The molecule has 4 heteroatoms. The topological polar surface area (TPSA) is 29.9 Å². The molecular weight excluding hydrogens is 230 g/mol. The number of hydrogen-bond acceptors (Lipinski definition) is 3. The summed E-state index contributed by atoms with van der Waals surface area (Å²) in [6.07, 6.45) is 4.93. The molecule has 0 aliphatic rings. The van der Waals surface area contributed by atoms with E-state index in [4.69, 9.17) is 0 Å². The Morgan fingerprint density at radius 2 is 2.29 bits per heavy atom. The number of aryl methyl sites for hydroxylation is 2. The van der Waals surface area contributed by atoms with E-state index in [-0.39, 0.29) is 0 Å². The Hall–Kier alpha value is -1.13. The number of thiophene rings is 1. The number of aromatic nitrogens is 2. The maximum absolute atomic E-state index is 4.36. The summed E-state index contributed by atoms with van der Waals surface area (Å²) in [4.78, 5) is 7.17. The van der Waals surface area contributed by atoms with E-state index in [2.05, 4.69) is 41.0 Å². The predicted octanol–water partition coefficient (Wildman–Crippen LogP) is 2.58. The molecule has 0 spiro atoms. The van der Waals surface area contributed by atoms with Gasteiger partial charge in [0.2, 0.25) is 0 Å². The smallest absolute Gasteiger partial charge is 0.108 e. The fraction of sp³-hybridized carbons (Fsp3) is 0.462. The van der Waals surface area contributed by atoms with Crippen molar-refractivity contribution in [2.45, 2.75) is 33.4 Å². The first-order chi connectivity index (χ1) is 8.24. The highest BCUT2D eigenvalue weighted by molar-refractivity contribution is 7.12. The monoisotopic (exact) mass is 249 g/mol. The molecule has 0 bridgehead atoms. The highest BCUT2D eigenvalue weighted by Crippen LogP contribution is 2.22. The number of imidazole rings is 1. The van der Waals surface area contributed by atoms with Crippen molar-refractivity contribution >= 4 is 11.3 Å². The maximum atomic E-state index is 4.36. The third kappa shape index (κ3) is 2.76. The first kappa shape index (κ1) is 12.3. The minimum atomic E-state index is 0.940. The van der Waals surface area contributed by atoms with E-state index in [0.29, 0.717) is 0 Å². The van der Waals surface area contributed by atoms with Gasteiger partial charge in [-0.3, -0.25) is 0 Å². The van der Waals surface area contributed by atoms with Crippen LogP contribution in [-0.2, 0) is 19.5 Å². The van der Waals surface area contributed by atoms with Crippen molar-refractivity contribution in [2.75, 3.05) is 7.05 Å². The van der Waals surface area contributed by atoms with E-state index < -0.39 is 0 Å². The van der Waals surface area contributed by atoms with Crippen LogP contribution in [0.3, 0.4) is 0 Å². The summed E-state index contributed by atoms with van der Waals surface area (Å²) in [7, 11) is 1.99. The van der Waals surface area contributed by atoms with Crippen molar-refractivity contribution < 1.29 is 0 Å². The standard InChI is InChI=1S/C13H19N3S/c1-4-13-15-5-6-16(13)9-11-7-12(8-14-3)17-10(11)2/h5-7,14H,4,8-9H2,1-3H3. The quantitative estimate of drug-likeness (QED) is 0.882. The average molecular weight is 249 g/mol. The summed E-state index contributed by atoms with van der Waals surface area (Å²) in [6, 6.07) is 2.30. The molecule has 0 atom stereocenters. The Balaban J connectivity index is 2.18. The first-order valence-corrected chi connectivity index (χ1v) is 6.79. The molecule has 0 unspecified atom stereocenters. The van der Waals surface area contributed by atoms with Gasteiger partial charge in [0.15, 0.2) is 0 Å². The molecule has 2 aromatic rings. The summed E-state index contributed by atoms with van der Waals surface area (Å²) in [5.41, 5.74) is 1.41. The SMILES string of the molecule is CCc1nccn1Cc1cc(CNC)sc1C. The molecule has 0 aliphatic carbocycles. The molecule has 0 aromatic carbocycles. The van der Waals surface area contributed by atoms with Gasteiger partial charge in [0.25, 0.3) is 0 Å². The zero-order valence-electron chi connectivity index (χ0n) is 10.7. The van der Waals surface area contributed by atoms with Gasteiger partial charge in [0.1, 0.15) is 5.82 Å². The van der Waals surface area contributed by atoms with Gasteiger partial charge >= 0.3 is 0 Å². The second-order valence-corrected chi connectivity index (χ2v) is 5.49. The van der Waals surface area contributed by atoms with Gasteiger partial charge in [-0.1, -0.05) is 6.92 Å². The number of hydrogen-bond donors (Lipinski definition) is 1. The summed E-state index contributed by atoms with van der Waals surface area (Å²) in [5, 5.41) is 3.20. The third-order valence-electron chi connectivity index (χ3n) is 2.88. The fourth-order valence-electron chi connectivity index (χ4n) is 1.99. The molecule has 2 aromatic heterocycles. The molecule has 0 radical (unpaired) electrons. The van der Waals surface area contributed by atoms with Gasteiger partial charge in [-0.2, -0.15) is 0 Å². The molecule has 0 saturated carbocycles. The van der Waals surface area contributed by atoms with E-state index >= 15 is 0 Å². The zero-order chi connectivity index (χ0) is 12.3. The molecular formula is C13H19N3S. The van der Waals surface area contributed by atoms with E-state index in [1.807, 2.05) is 24.6 Å². The van der Waals surface area contributed by atoms with Crippen LogP contribution in [0, 0.1) is 6.92 Å². The Bertz CT molecular complexity index is 485. The van der Waals surface area contributed by atoms with Gasteiger partial charge in [-0.05, 0) is 25.6 Å². The molecule has 3 nitrogen and oxygen atoms in total. The fourth-order valence-corrected chi connectivity index (χ4v) is 3.05. The lowest BCUT2D eigenvalue weighted by molar-refractivity contribution is 0.730. The minimum absolute atomic E-state index is 0.940. The average Bonchev–Trinajstić information content (AvgIpc) is 2.88. The van der Waals surface area contributed by atoms with Gasteiger partial charge in [-0.25, -0.2) is 4.98 Å². The van der Waals surface area contributed by atoms with Crippen LogP contribution in [0.15, 0.2) is 18.5 Å². The van der Waals surface area contributed by atoms with Crippen molar-refractivity contribution in [1.29, 1.82) is 0 Å². The molecule has 0 fully saturated rings. The Kier molecular flexibility index (Phi) is 3.97. The van der Waals surface area contributed by atoms with Crippen LogP contribution in [0.4, 0.5) is 0 Å². The largest absolute Gasteiger partial charge is 0.330 e. The van der Waals surface area contributed by atoms with E-state index in [9.17, 15) is 0 Å². The molecule has 17 heavy (non-hydrogen) atoms. The minimum Gasteiger partial charge on any atom is -0.330 e. The van der Waals surface area contributed by atoms with Crippen LogP contribution in [0.2, 0.25) is 0 Å². The van der Waals surface area contributed by atoms with Gasteiger partial charge in [0.05, 0.1) is 0 Å². The Morgan fingerprint density at radius 1 is 1.47 bits per heavy atom. The normalized spacial score (nSPS) is 11.0. The summed E-state index contributed by atoms with van der Waals surface area (Å²) < 4.78 is 2.23. The lowest BCUT2D eigenvalue weighted by atomic mass is 10.2. The molecule has 2 rings (SSSR count). The van der Waals surface area contributed by atoms with Crippen molar-refractivity contribution in [3.63, 3.8) is 0 Å². The van der Waals surface area contributed by atoms with Crippen molar-refractivity contribution in [3.05, 3.63) is 39.6 Å². The maximum Gasteiger partial charge on any atom is 0.108 e. The highest BCUT2D eigenvalue weighted by atomic mass is 32.1. The summed E-state index contributed by atoms with van der Waals surface area (Å²) in [6.45, 7) is 6.23. The van der Waals surface area contributed by atoms with E-state index in [0.717, 1.165) is 25.3 Å². The van der Waals surface area contributed by atoms with Crippen molar-refractivity contribution in [3.8, 4) is 0 Å². The van der Waals surface area contributed by atoms with Crippen molar-refractivity contribution in [1.82, 2.24) is 14.9 Å². The van der Waals surface area contributed by atoms with E-state index in [1.165, 1.54) is 15.3 Å². The Morgan fingerprint density at radius 3 is 3.00 bits per heavy atom. The van der Waals surface area contributed by atoms with Crippen LogP contribution in [0.1, 0.15) is 28.1 Å². The van der Waals surface area contributed by atoms with E-state index in [1.54, 1.807) is 0 Å². The molecule has 92 valence electrons. The summed E-state index contributed by atoms with van der Waals surface area (Å²) in [5.74, 6) is 1.16. The third-order valence-corrected chi connectivity index (χ3v) is 3.97. The molecule has 0 saturated heterocycles. The lowest BCUT2D eigenvalue weighted by Crippen LogP contribution is -2.04. The van der Waals surface area contributed by atoms with Crippen LogP contribution >= 0.6 is 11.3 Å². The molecule has 2 heterocycles. The van der Waals surface area contributed by atoms with Gasteiger partial charge in [0, 0.05) is 41.7 Å². The van der Waals surface area contributed by atoms with Crippen LogP contribution in [-0.4, -0.2) is 16.6 Å². The second kappa shape index (κ2) is 5.47. The van der Waals surface area contributed by atoms with Crippen LogP contribution in [0.25, 0.3) is 0 Å². The van der Waals surface area contributed by atoms with Gasteiger partial charge < -0.3 is 9.88 Å². The lowest BCUT2D eigenvalue weighted by Gasteiger charge is -2.05. The number of nitrogens with one attached hydrogen (secondary N) is 1. The number of rotatable bonds is 5. The van der Waals surface area contributed by atoms with Crippen molar-refractivity contribution in [2.24, 2.45) is 0 Å². The van der Waals surface area contributed by atoms with Gasteiger partial charge in [-0.15, -0.1) is 11.3 Å². The predicted molar refractivity (Wildman–Crippen MR) is 72.5 cm³/mol. The Labute approximate surface area is 107 Å². The molecule has 1 N–H and O–H groups in total. The van der Waals surface area contributed by atoms with Crippen LogP contribution in [0.5, 0.6) is 0 Å². The van der Waals surface area contributed by atoms with Crippen LogP contribution < -0.4 is 5.32 Å².